The molecule has 2 aromatic carbocycles. The largest absolute Gasteiger partial charge is 0.279 e. The lowest BCUT2D eigenvalue weighted by Gasteiger charge is -2.12. The summed E-state index contributed by atoms with van der Waals surface area (Å²) in [5.41, 5.74) is 2.95. The first kappa shape index (κ1) is 17.9. The summed E-state index contributed by atoms with van der Waals surface area (Å²) in [6.45, 7) is 1.85. The van der Waals surface area contributed by atoms with Crippen LogP contribution in [0.3, 0.4) is 0 Å². The Balaban J connectivity index is 1.72. The lowest BCUT2D eigenvalue weighted by atomic mass is 10.1. The number of nitrogens with one attached hydrogen (secondary N) is 1. The molecule has 2 aromatic heterocycles. The van der Waals surface area contributed by atoms with E-state index in [1.54, 1.807) is 24.4 Å². The Morgan fingerprint density at radius 1 is 1.07 bits per heavy atom. The highest BCUT2D eigenvalue weighted by molar-refractivity contribution is 7.92. The van der Waals surface area contributed by atoms with Gasteiger partial charge in [0.25, 0.3) is 10.0 Å². The smallest absolute Gasteiger partial charge is 0.261 e. The molecule has 136 valence electrons. The van der Waals surface area contributed by atoms with Crippen LogP contribution >= 0.6 is 22.9 Å². The van der Waals surface area contributed by atoms with Gasteiger partial charge in [-0.05, 0) is 48.9 Å². The van der Waals surface area contributed by atoms with Crippen molar-refractivity contribution in [2.75, 3.05) is 4.72 Å². The molecule has 0 fully saturated rings. The highest BCUT2D eigenvalue weighted by Gasteiger charge is 2.17. The van der Waals surface area contributed by atoms with Crippen molar-refractivity contribution in [2.24, 2.45) is 0 Å². The molecule has 4 aromatic rings. The lowest BCUT2D eigenvalue weighted by molar-refractivity contribution is 0.601. The number of anilines is 1. The molecule has 0 bridgehead atoms. The zero-order valence-electron chi connectivity index (χ0n) is 14.2. The van der Waals surface area contributed by atoms with Gasteiger partial charge in [-0.15, -0.1) is 0 Å². The predicted octanol–water partition coefficient (Wildman–Crippen LogP) is 5.12. The van der Waals surface area contributed by atoms with Gasteiger partial charge in [0.1, 0.15) is 15.4 Å². The molecule has 1 N–H and O–H groups in total. The molecule has 0 unspecified atom stereocenters. The minimum Gasteiger partial charge on any atom is -0.279 e. The van der Waals surface area contributed by atoms with E-state index < -0.39 is 10.0 Å². The van der Waals surface area contributed by atoms with Gasteiger partial charge in [-0.1, -0.05) is 41.1 Å². The first-order valence-electron chi connectivity index (χ1n) is 8.03. The van der Waals surface area contributed by atoms with Crippen LogP contribution in [0.5, 0.6) is 0 Å². The van der Waals surface area contributed by atoms with E-state index in [4.69, 9.17) is 11.6 Å². The molecule has 8 heteroatoms. The molecule has 0 aliphatic carbocycles. The summed E-state index contributed by atoms with van der Waals surface area (Å²) in [4.78, 5) is 9.84. The molecular weight excluding hydrogens is 402 g/mol. The van der Waals surface area contributed by atoms with Gasteiger partial charge in [-0.25, -0.2) is 18.4 Å². The van der Waals surface area contributed by atoms with E-state index in [9.17, 15) is 8.42 Å². The van der Waals surface area contributed by atoms with Crippen LogP contribution in [-0.4, -0.2) is 18.4 Å². The number of pyridine rings is 1. The van der Waals surface area contributed by atoms with E-state index in [-0.39, 0.29) is 4.90 Å². The molecule has 0 aliphatic heterocycles. The van der Waals surface area contributed by atoms with Crippen molar-refractivity contribution in [3.8, 4) is 10.6 Å². The van der Waals surface area contributed by atoms with E-state index in [1.165, 1.54) is 23.5 Å². The number of nitrogens with zero attached hydrogens (tertiary/aromatic N) is 2. The number of aryl methyl sites for hydroxylation is 1. The van der Waals surface area contributed by atoms with Gasteiger partial charge in [0.05, 0.1) is 10.6 Å². The number of aromatic nitrogens is 2. The molecule has 2 heterocycles. The first-order chi connectivity index (χ1) is 12.9. The quantitative estimate of drug-likeness (QED) is 0.502. The van der Waals surface area contributed by atoms with Gasteiger partial charge in [0, 0.05) is 16.8 Å². The Kier molecular flexibility index (Phi) is 4.59. The average Bonchev–Trinajstić information content (AvgIpc) is 3.07. The molecule has 0 amide bonds. The Morgan fingerprint density at radius 2 is 1.93 bits per heavy atom. The molecule has 0 saturated carbocycles. The topological polar surface area (TPSA) is 72.0 Å². The molecule has 0 atom stereocenters. The maximum absolute atomic E-state index is 12.7. The number of sulfonamides is 1. The Hall–Kier alpha value is -2.48. The van der Waals surface area contributed by atoms with Crippen molar-refractivity contribution in [2.45, 2.75) is 11.8 Å². The van der Waals surface area contributed by atoms with Gasteiger partial charge < -0.3 is 0 Å². The summed E-state index contributed by atoms with van der Waals surface area (Å²) in [6, 6.07) is 15.5. The molecule has 4 rings (SSSR count). The minimum atomic E-state index is -3.75. The fourth-order valence-corrected chi connectivity index (χ4v) is 4.92. The predicted molar refractivity (Wildman–Crippen MR) is 110 cm³/mol. The van der Waals surface area contributed by atoms with Crippen molar-refractivity contribution >= 4 is 49.0 Å². The lowest BCUT2D eigenvalue weighted by Crippen LogP contribution is -2.13. The number of rotatable bonds is 4. The second kappa shape index (κ2) is 6.92. The van der Waals surface area contributed by atoms with Crippen LogP contribution in [-0.2, 0) is 10.0 Å². The summed E-state index contributed by atoms with van der Waals surface area (Å²) in [7, 11) is -3.75. The molecule has 0 radical (unpaired) electrons. The summed E-state index contributed by atoms with van der Waals surface area (Å²) in [5.74, 6) is 0. The Bertz CT molecular complexity index is 1220. The van der Waals surface area contributed by atoms with Gasteiger partial charge in [0.15, 0.2) is 0 Å². The fourth-order valence-electron chi connectivity index (χ4n) is 2.60. The third kappa shape index (κ3) is 3.66. The van der Waals surface area contributed by atoms with Crippen LogP contribution in [0.15, 0.2) is 65.7 Å². The van der Waals surface area contributed by atoms with Crippen LogP contribution in [0.25, 0.3) is 20.9 Å². The molecule has 0 saturated heterocycles. The minimum absolute atomic E-state index is 0.115. The summed E-state index contributed by atoms with van der Waals surface area (Å²) in [5, 5.41) is 1.15. The summed E-state index contributed by atoms with van der Waals surface area (Å²) in [6.07, 6.45) is 1.73. The molecule has 27 heavy (non-hydrogen) atoms. The SMILES string of the molecule is Cc1ccc(-c2nc3cccnc3s2)cc1NS(=O)(=O)c1cccc(Cl)c1. The Morgan fingerprint density at radius 3 is 2.70 bits per heavy atom. The number of hydrogen-bond donors (Lipinski definition) is 1. The van der Waals surface area contributed by atoms with Crippen LogP contribution in [0, 0.1) is 6.92 Å². The second-order valence-electron chi connectivity index (χ2n) is 5.94. The molecular formula is C19H14ClN3O2S2. The zero-order chi connectivity index (χ0) is 19.0. The maximum Gasteiger partial charge on any atom is 0.261 e. The van der Waals surface area contributed by atoms with Crippen LogP contribution in [0.2, 0.25) is 5.02 Å². The third-order valence-electron chi connectivity index (χ3n) is 4.00. The van der Waals surface area contributed by atoms with Crippen molar-refractivity contribution in [1.82, 2.24) is 9.97 Å². The van der Waals surface area contributed by atoms with Crippen molar-refractivity contribution in [3.05, 3.63) is 71.4 Å². The first-order valence-corrected chi connectivity index (χ1v) is 10.7. The Labute approximate surface area is 165 Å². The fraction of sp³-hybridized carbons (Fsp3) is 0.0526. The third-order valence-corrected chi connectivity index (χ3v) is 6.63. The number of fused-ring (bicyclic) bond motifs is 1. The number of hydrogen-bond acceptors (Lipinski definition) is 5. The van der Waals surface area contributed by atoms with Gasteiger partial charge in [-0.2, -0.15) is 0 Å². The van der Waals surface area contributed by atoms with E-state index in [0.29, 0.717) is 10.7 Å². The normalized spacial score (nSPS) is 11.6. The monoisotopic (exact) mass is 415 g/mol. The maximum atomic E-state index is 12.7. The second-order valence-corrected chi connectivity index (χ2v) is 9.04. The van der Waals surface area contributed by atoms with E-state index >= 15 is 0 Å². The van der Waals surface area contributed by atoms with E-state index in [0.717, 1.165) is 26.5 Å². The highest BCUT2D eigenvalue weighted by Crippen LogP contribution is 2.32. The summed E-state index contributed by atoms with van der Waals surface area (Å²) >= 11 is 7.39. The van der Waals surface area contributed by atoms with Crippen LogP contribution in [0.4, 0.5) is 5.69 Å². The average molecular weight is 416 g/mol. The number of halogens is 1. The van der Waals surface area contributed by atoms with Gasteiger partial charge >= 0.3 is 0 Å². The summed E-state index contributed by atoms with van der Waals surface area (Å²) < 4.78 is 28.1. The molecule has 5 nitrogen and oxygen atoms in total. The molecule has 0 aliphatic rings. The number of benzene rings is 2. The van der Waals surface area contributed by atoms with Gasteiger partial charge in [-0.3, -0.25) is 4.72 Å². The van der Waals surface area contributed by atoms with E-state index in [2.05, 4.69) is 14.7 Å². The van der Waals surface area contributed by atoms with Crippen LogP contribution < -0.4 is 4.72 Å². The van der Waals surface area contributed by atoms with Crippen molar-refractivity contribution in [3.63, 3.8) is 0 Å². The van der Waals surface area contributed by atoms with Crippen molar-refractivity contribution < 1.29 is 8.42 Å². The zero-order valence-corrected chi connectivity index (χ0v) is 16.6. The van der Waals surface area contributed by atoms with Crippen LogP contribution in [0.1, 0.15) is 5.56 Å². The highest BCUT2D eigenvalue weighted by atomic mass is 35.5. The van der Waals surface area contributed by atoms with E-state index in [1.807, 2.05) is 31.2 Å². The molecule has 0 spiro atoms. The van der Waals surface area contributed by atoms with Gasteiger partial charge in [0.2, 0.25) is 0 Å². The number of thiazole rings is 1. The van der Waals surface area contributed by atoms with Crippen molar-refractivity contribution in [1.29, 1.82) is 0 Å². The standard InChI is InChI=1S/C19H14ClN3O2S2/c1-12-7-8-13(18-22-16-6-3-9-21-19(16)26-18)10-17(12)23-27(24,25)15-5-2-4-14(20)11-15/h2-11,23H,1H3.